The number of hydrogen-bond donors (Lipinski definition) is 0. The molecule has 0 fully saturated rings. The normalized spacial score (nSPS) is 14.9. The summed E-state index contributed by atoms with van der Waals surface area (Å²) >= 11 is 0. The molecule has 31 heavy (non-hydrogen) atoms. The minimum absolute atomic E-state index is 0.604. The van der Waals surface area contributed by atoms with Gasteiger partial charge >= 0.3 is 42.6 Å². The average Bonchev–Trinajstić information content (AvgIpc) is 2.60. The van der Waals surface area contributed by atoms with Crippen LogP contribution in [0.3, 0.4) is 0 Å². The van der Waals surface area contributed by atoms with Crippen LogP contribution in [0.4, 0.5) is 35.1 Å². The Balaban J connectivity index is 5.52. The lowest BCUT2D eigenvalue weighted by Crippen LogP contribution is -2.41. The maximum atomic E-state index is 13.0. The number of carbonyl (C=O) groups excluding carboxylic acids is 3. The minimum Gasteiger partial charge on any atom is -0.460 e. The average molecular weight is 474 g/mol. The van der Waals surface area contributed by atoms with Crippen molar-refractivity contribution in [1.82, 2.24) is 0 Å². The molecule has 0 amide bonds. The number of halogens is 8. The summed E-state index contributed by atoms with van der Waals surface area (Å²) in [5.41, 5.74) is -1.53. The number of hydrogen-bond acceptors (Lipinski definition) is 6. The van der Waals surface area contributed by atoms with E-state index >= 15 is 0 Å². The van der Waals surface area contributed by atoms with Crippen molar-refractivity contribution >= 4 is 17.9 Å². The van der Waals surface area contributed by atoms with Crippen LogP contribution in [-0.2, 0) is 28.6 Å². The Morgan fingerprint density at radius 3 is 1.55 bits per heavy atom. The second-order valence-corrected chi connectivity index (χ2v) is 7.29. The van der Waals surface area contributed by atoms with Crippen LogP contribution < -0.4 is 0 Å². The molecule has 2 unspecified atom stereocenters. The topological polar surface area (TPSA) is 78.9 Å². The SMILES string of the molecule is CC(=O)OC(C)(C)CC(C(=O)OCC(F)(F)C(F)F)C(C)C(=O)OCC(F)(F)C(F)F. The van der Waals surface area contributed by atoms with Crippen LogP contribution in [0.1, 0.15) is 34.1 Å². The summed E-state index contributed by atoms with van der Waals surface area (Å²) in [6.45, 7) is 0.286. The van der Waals surface area contributed by atoms with Crippen LogP contribution in [0.5, 0.6) is 0 Å². The van der Waals surface area contributed by atoms with Gasteiger partial charge in [-0.05, 0) is 13.8 Å². The van der Waals surface area contributed by atoms with E-state index in [0.29, 0.717) is 0 Å². The summed E-state index contributed by atoms with van der Waals surface area (Å²) in [7, 11) is 0. The van der Waals surface area contributed by atoms with Crippen molar-refractivity contribution in [3.63, 3.8) is 0 Å². The molecule has 0 heterocycles. The van der Waals surface area contributed by atoms with Crippen molar-refractivity contribution in [1.29, 1.82) is 0 Å². The summed E-state index contributed by atoms with van der Waals surface area (Å²) in [5.74, 6) is -17.0. The number of esters is 3. The lowest BCUT2D eigenvalue weighted by atomic mass is 9.84. The first kappa shape index (κ1) is 28.9. The van der Waals surface area contributed by atoms with Gasteiger partial charge in [0.25, 0.3) is 0 Å². The number of rotatable bonds is 12. The number of ether oxygens (including phenoxy) is 3. The highest BCUT2D eigenvalue weighted by Crippen LogP contribution is 2.31. The molecular weight excluding hydrogens is 452 g/mol. The smallest absolute Gasteiger partial charge is 0.340 e. The van der Waals surface area contributed by atoms with E-state index in [-0.39, 0.29) is 0 Å². The van der Waals surface area contributed by atoms with E-state index in [4.69, 9.17) is 4.74 Å². The third kappa shape index (κ3) is 9.68. The molecule has 0 saturated heterocycles. The zero-order valence-electron chi connectivity index (χ0n) is 16.9. The first-order valence-corrected chi connectivity index (χ1v) is 8.67. The summed E-state index contributed by atoms with van der Waals surface area (Å²) in [6, 6.07) is 0. The Labute approximate surface area is 172 Å². The third-order valence-electron chi connectivity index (χ3n) is 3.86. The third-order valence-corrected chi connectivity index (χ3v) is 3.86. The van der Waals surface area contributed by atoms with Gasteiger partial charge in [0, 0.05) is 13.3 Å². The van der Waals surface area contributed by atoms with Crippen molar-refractivity contribution in [2.75, 3.05) is 13.2 Å². The largest absolute Gasteiger partial charge is 0.460 e. The summed E-state index contributed by atoms with van der Waals surface area (Å²) in [4.78, 5) is 35.4. The molecule has 0 N–H and O–H groups in total. The Morgan fingerprint density at radius 1 is 0.806 bits per heavy atom. The molecular formula is C17H22F8O6. The fourth-order valence-corrected chi connectivity index (χ4v) is 2.29. The predicted octanol–water partition coefficient (Wildman–Crippen LogP) is 3.86. The zero-order valence-corrected chi connectivity index (χ0v) is 16.9. The van der Waals surface area contributed by atoms with E-state index in [1.54, 1.807) is 0 Å². The van der Waals surface area contributed by atoms with Crippen LogP contribution in [-0.4, -0.2) is 61.4 Å². The van der Waals surface area contributed by atoms with E-state index < -0.39 is 79.7 Å². The highest BCUT2D eigenvalue weighted by atomic mass is 19.3. The van der Waals surface area contributed by atoms with Gasteiger partial charge in [0.2, 0.25) is 0 Å². The lowest BCUT2D eigenvalue weighted by Gasteiger charge is -2.31. The van der Waals surface area contributed by atoms with E-state index in [1.807, 2.05) is 0 Å². The molecule has 0 rings (SSSR count). The van der Waals surface area contributed by atoms with E-state index in [2.05, 4.69) is 9.47 Å². The predicted molar refractivity (Wildman–Crippen MR) is 86.9 cm³/mol. The minimum atomic E-state index is -4.71. The first-order valence-electron chi connectivity index (χ1n) is 8.67. The molecule has 0 saturated carbocycles. The second-order valence-electron chi connectivity index (χ2n) is 7.29. The molecule has 2 atom stereocenters. The van der Waals surface area contributed by atoms with Gasteiger partial charge in [-0.2, -0.15) is 17.6 Å². The Hall–Kier alpha value is -2.15. The fraction of sp³-hybridized carbons (Fsp3) is 0.824. The second kappa shape index (κ2) is 10.9. The maximum Gasteiger partial charge on any atom is 0.340 e. The van der Waals surface area contributed by atoms with Crippen LogP contribution in [0, 0.1) is 11.8 Å². The molecule has 0 aromatic carbocycles. The van der Waals surface area contributed by atoms with Gasteiger partial charge in [0.15, 0.2) is 13.2 Å². The van der Waals surface area contributed by atoms with Gasteiger partial charge in [-0.3, -0.25) is 14.4 Å². The molecule has 0 radical (unpaired) electrons. The fourth-order valence-electron chi connectivity index (χ4n) is 2.29. The van der Waals surface area contributed by atoms with Crippen molar-refractivity contribution in [3.8, 4) is 0 Å². The van der Waals surface area contributed by atoms with Gasteiger partial charge in [-0.1, -0.05) is 6.92 Å². The van der Waals surface area contributed by atoms with E-state index in [9.17, 15) is 49.5 Å². The Bertz CT molecular complexity index is 638. The standard InChI is InChI=1S/C17H22F8O6/c1-8(11(27)29-6-16(22,23)13(18)19)10(5-15(3,4)31-9(2)26)12(28)30-7-17(24,25)14(20)21/h8,10,13-14H,5-7H2,1-4H3. The molecule has 0 spiro atoms. The highest BCUT2D eigenvalue weighted by Gasteiger charge is 2.46. The lowest BCUT2D eigenvalue weighted by molar-refractivity contribution is -0.192. The van der Waals surface area contributed by atoms with Gasteiger partial charge in [-0.25, -0.2) is 17.6 Å². The van der Waals surface area contributed by atoms with Gasteiger partial charge in [-0.15, -0.1) is 0 Å². The monoisotopic (exact) mass is 474 g/mol. The number of carbonyl (C=O) groups is 3. The van der Waals surface area contributed by atoms with Crippen molar-refractivity contribution in [2.24, 2.45) is 11.8 Å². The van der Waals surface area contributed by atoms with Crippen molar-refractivity contribution < 1.29 is 63.7 Å². The van der Waals surface area contributed by atoms with Crippen LogP contribution in [0.2, 0.25) is 0 Å². The van der Waals surface area contributed by atoms with Gasteiger partial charge in [0.05, 0.1) is 11.8 Å². The summed E-state index contributed by atoms with van der Waals surface area (Å²) < 4.78 is 114. The van der Waals surface area contributed by atoms with Gasteiger partial charge in [0.1, 0.15) is 5.60 Å². The van der Waals surface area contributed by atoms with Crippen LogP contribution in [0.25, 0.3) is 0 Å². The Morgan fingerprint density at radius 2 is 1.19 bits per heavy atom. The first-order chi connectivity index (χ1) is 13.8. The molecule has 0 bridgehead atoms. The Kier molecular flexibility index (Phi) is 10.2. The van der Waals surface area contributed by atoms with Crippen LogP contribution >= 0.6 is 0 Å². The molecule has 0 aromatic rings. The number of alkyl halides is 8. The molecule has 6 nitrogen and oxygen atoms in total. The van der Waals surface area contributed by atoms with E-state index in [0.717, 1.165) is 13.8 Å². The zero-order chi connectivity index (χ0) is 24.8. The molecule has 0 aliphatic heterocycles. The quantitative estimate of drug-likeness (QED) is 0.243. The summed E-state index contributed by atoms with van der Waals surface area (Å²) in [6.07, 6.45) is -8.93. The molecule has 0 aromatic heterocycles. The molecule has 182 valence electrons. The van der Waals surface area contributed by atoms with Gasteiger partial charge < -0.3 is 14.2 Å². The molecule has 0 aliphatic rings. The highest BCUT2D eigenvalue weighted by molar-refractivity contribution is 5.82. The molecule has 0 aliphatic carbocycles. The summed E-state index contributed by atoms with van der Waals surface area (Å²) in [5, 5.41) is 0. The van der Waals surface area contributed by atoms with Crippen molar-refractivity contribution in [3.05, 3.63) is 0 Å². The van der Waals surface area contributed by atoms with Crippen LogP contribution in [0.15, 0.2) is 0 Å². The molecule has 14 heteroatoms. The van der Waals surface area contributed by atoms with E-state index in [1.165, 1.54) is 13.8 Å². The van der Waals surface area contributed by atoms with Crippen molar-refractivity contribution in [2.45, 2.75) is 64.4 Å². The maximum absolute atomic E-state index is 13.0.